The molecule has 1 N–H and O–H groups in total. The van der Waals surface area contributed by atoms with Gasteiger partial charge < -0.3 is 10.2 Å². The van der Waals surface area contributed by atoms with Gasteiger partial charge in [0, 0.05) is 37.1 Å². The maximum absolute atomic E-state index is 10.9. The van der Waals surface area contributed by atoms with Crippen molar-refractivity contribution in [1.82, 2.24) is 15.2 Å². The minimum absolute atomic E-state index is 0. The van der Waals surface area contributed by atoms with E-state index in [1.54, 1.807) is 0 Å². The maximum Gasteiger partial charge on any atom is 0.340 e. The van der Waals surface area contributed by atoms with Crippen molar-refractivity contribution in [3.63, 3.8) is 0 Å². The monoisotopic (exact) mass is 453 g/mol. The van der Waals surface area contributed by atoms with Crippen LogP contribution in [0.5, 0.6) is 0 Å². The van der Waals surface area contributed by atoms with Crippen molar-refractivity contribution in [2.75, 3.05) is 43.7 Å². The molecule has 2 aliphatic heterocycles. The van der Waals surface area contributed by atoms with Gasteiger partial charge in [-0.15, -0.1) is 40.5 Å². The average Bonchev–Trinajstić information content (AvgIpc) is 3.27. The Morgan fingerprint density at radius 1 is 1.33 bits per heavy atom. The number of fused-ring (bicyclic) bond motifs is 1. The number of amides is 2. The van der Waals surface area contributed by atoms with Gasteiger partial charge in [0.05, 0.1) is 17.9 Å². The summed E-state index contributed by atoms with van der Waals surface area (Å²) in [7, 11) is 0. The quantitative estimate of drug-likeness (QED) is 0.404. The largest absolute Gasteiger partial charge is 0.348 e. The Morgan fingerprint density at radius 2 is 2.07 bits per heavy atom. The summed E-state index contributed by atoms with van der Waals surface area (Å²) < 4.78 is 0. The Labute approximate surface area is 179 Å². The molecule has 11 heteroatoms. The van der Waals surface area contributed by atoms with E-state index in [2.05, 4.69) is 45.8 Å². The highest BCUT2D eigenvalue weighted by Crippen LogP contribution is 2.31. The number of urea groups is 1. The molecule has 0 spiro atoms. The third-order valence-electron chi connectivity index (χ3n) is 3.71. The van der Waals surface area contributed by atoms with E-state index in [4.69, 9.17) is 28.2 Å². The first-order valence-corrected chi connectivity index (χ1v) is 10.3. The number of rotatable bonds is 6. The summed E-state index contributed by atoms with van der Waals surface area (Å²) in [6.45, 7) is 2.65. The van der Waals surface area contributed by atoms with Crippen molar-refractivity contribution < 1.29 is 4.79 Å². The van der Waals surface area contributed by atoms with E-state index in [0.29, 0.717) is 23.5 Å². The molecule has 0 unspecified atom stereocenters. The summed E-state index contributed by atoms with van der Waals surface area (Å²) >= 11 is 12.5. The van der Waals surface area contributed by atoms with Crippen molar-refractivity contribution in [2.24, 2.45) is 10.3 Å². The molecule has 0 aliphatic carbocycles. The van der Waals surface area contributed by atoms with Crippen molar-refractivity contribution in [1.29, 1.82) is 0 Å². The smallest absolute Gasteiger partial charge is 0.340 e. The fourth-order valence-electron chi connectivity index (χ4n) is 2.47. The number of amidine groups is 1. The molecule has 0 radical (unpaired) electrons. The molecule has 2 heterocycles. The van der Waals surface area contributed by atoms with Gasteiger partial charge in [0.15, 0.2) is 5.17 Å². The highest BCUT2D eigenvalue weighted by Gasteiger charge is 2.29. The lowest BCUT2D eigenvalue weighted by molar-refractivity contribution is 0.203. The van der Waals surface area contributed by atoms with Gasteiger partial charge in [0.1, 0.15) is 0 Å². The van der Waals surface area contributed by atoms with Crippen LogP contribution in [0.15, 0.2) is 40.6 Å². The summed E-state index contributed by atoms with van der Waals surface area (Å²) in [5.41, 5.74) is 1.34. The zero-order valence-corrected chi connectivity index (χ0v) is 17.7. The highest BCUT2D eigenvalue weighted by molar-refractivity contribution is 8.14. The first-order chi connectivity index (χ1) is 12.7. The number of alkyl halides is 2. The molecular weight excluding hydrogens is 433 g/mol. The number of nitrogens with one attached hydrogen (secondary N) is 1. The lowest BCUT2D eigenvalue weighted by Crippen LogP contribution is -2.38. The van der Waals surface area contributed by atoms with Crippen LogP contribution in [-0.2, 0) is 0 Å². The second-order valence-electron chi connectivity index (χ2n) is 5.45. The number of nitrogens with zero attached hydrogens (tertiary/aromatic N) is 4. The van der Waals surface area contributed by atoms with E-state index in [1.807, 2.05) is 11.8 Å². The molecule has 3 rings (SSSR count). The number of carbonyl (C=O) groups is 1. The minimum Gasteiger partial charge on any atom is -0.348 e. The zero-order chi connectivity index (χ0) is 18.8. The van der Waals surface area contributed by atoms with Crippen molar-refractivity contribution in [3.8, 4) is 0 Å². The molecule has 27 heavy (non-hydrogen) atoms. The molecule has 2 amide bonds. The summed E-state index contributed by atoms with van der Waals surface area (Å²) in [5.74, 6) is 1.67. The van der Waals surface area contributed by atoms with Crippen LogP contribution in [0.2, 0.25) is 0 Å². The molecule has 0 saturated carbocycles. The third-order valence-corrected chi connectivity index (χ3v) is 5.07. The number of carbonyl (C=O) groups excluding carboxylic acids is 1. The Bertz CT molecular complexity index is 623. The highest BCUT2D eigenvalue weighted by atomic mass is 35.5. The number of hydrogen-bond donors (Lipinski definition) is 1. The normalized spacial score (nSPS) is 17.0. The number of benzene rings is 1. The standard InChI is InChI=1S/C11H12N2S.C5H9Cl2N3O2.ClH/c1-2-4-9(5-3-1)10-8-13-6-7-14-11(13)12-10;6-1-3-8-5(11)10(9-12)4-2-7;/h1-5,10H,6-8H2;1-4H2,(H,8,11);1H/t10-;;/m1../s1. The van der Waals surface area contributed by atoms with Crippen LogP contribution >= 0.6 is 47.4 Å². The predicted molar refractivity (Wildman–Crippen MR) is 115 cm³/mol. The van der Waals surface area contributed by atoms with Crippen LogP contribution in [0.4, 0.5) is 4.79 Å². The van der Waals surface area contributed by atoms with Crippen molar-refractivity contribution in [3.05, 3.63) is 40.8 Å². The van der Waals surface area contributed by atoms with Crippen molar-refractivity contribution >= 4 is 58.6 Å². The van der Waals surface area contributed by atoms with Gasteiger partial charge in [-0.3, -0.25) is 4.99 Å². The molecule has 0 bridgehead atoms. The van der Waals surface area contributed by atoms with Crippen molar-refractivity contribution in [2.45, 2.75) is 6.04 Å². The molecule has 1 aromatic carbocycles. The molecule has 1 fully saturated rings. The van der Waals surface area contributed by atoms with Crippen LogP contribution in [0.1, 0.15) is 11.6 Å². The van der Waals surface area contributed by atoms with E-state index in [9.17, 15) is 9.70 Å². The summed E-state index contributed by atoms with van der Waals surface area (Å²) in [5, 5.41) is 6.80. The molecule has 1 aromatic rings. The summed E-state index contributed by atoms with van der Waals surface area (Å²) in [6, 6.07) is 10.4. The number of thioether (sulfide) groups is 1. The van der Waals surface area contributed by atoms with E-state index in [0.717, 1.165) is 6.54 Å². The van der Waals surface area contributed by atoms with Gasteiger partial charge >= 0.3 is 6.03 Å². The van der Waals surface area contributed by atoms with Gasteiger partial charge in [-0.25, -0.2) is 4.79 Å². The summed E-state index contributed by atoms with van der Waals surface area (Å²) in [6.07, 6.45) is 0. The average molecular weight is 455 g/mol. The first-order valence-electron chi connectivity index (χ1n) is 8.20. The minimum atomic E-state index is -0.578. The maximum atomic E-state index is 10.9. The van der Waals surface area contributed by atoms with Gasteiger partial charge in [0.25, 0.3) is 0 Å². The van der Waals surface area contributed by atoms with Crippen LogP contribution in [0, 0.1) is 4.91 Å². The predicted octanol–water partition coefficient (Wildman–Crippen LogP) is 3.72. The molecule has 150 valence electrons. The van der Waals surface area contributed by atoms with E-state index < -0.39 is 6.03 Å². The second kappa shape index (κ2) is 13.0. The zero-order valence-electron chi connectivity index (χ0n) is 14.6. The lowest BCUT2D eigenvalue weighted by atomic mass is 10.1. The Morgan fingerprint density at radius 3 is 2.67 bits per heavy atom. The summed E-state index contributed by atoms with van der Waals surface area (Å²) in [4.78, 5) is 28.1. The van der Waals surface area contributed by atoms with Crippen LogP contribution in [-0.4, -0.2) is 64.8 Å². The molecule has 1 saturated heterocycles. The number of hydrogen-bond acceptors (Lipinski definition) is 6. The topological polar surface area (TPSA) is 77.4 Å². The van der Waals surface area contributed by atoms with Crippen LogP contribution in [0.25, 0.3) is 0 Å². The fraction of sp³-hybridized carbons (Fsp3) is 0.500. The molecule has 0 aromatic heterocycles. The first kappa shape index (κ1) is 23.8. The van der Waals surface area contributed by atoms with Crippen LogP contribution < -0.4 is 5.32 Å². The number of nitroso groups, excluding NO2 is 1. The SMILES string of the molecule is Cl.O=NN(CCCl)C(=O)NCCCl.c1ccc([C@H]2CN3CCSC3=N2)cc1. The number of halogens is 3. The Kier molecular flexibility index (Phi) is 11.5. The fourth-order valence-corrected chi connectivity index (χ4v) is 3.76. The molecule has 2 aliphatic rings. The lowest BCUT2D eigenvalue weighted by Gasteiger charge is -2.12. The molecular formula is C16H22Cl3N5O2S. The van der Waals surface area contributed by atoms with E-state index in [1.165, 1.54) is 23.0 Å². The number of aliphatic imine (C=N–C) groups is 1. The third kappa shape index (κ3) is 7.37. The van der Waals surface area contributed by atoms with Gasteiger partial charge in [-0.05, 0) is 5.56 Å². The Hall–Kier alpha value is -1.22. The Balaban J connectivity index is 0.000000265. The molecule has 7 nitrogen and oxygen atoms in total. The molecule has 1 atom stereocenters. The van der Waals surface area contributed by atoms with Crippen LogP contribution in [0.3, 0.4) is 0 Å². The van der Waals surface area contributed by atoms with E-state index in [-0.39, 0.29) is 24.8 Å². The second-order valence-corrected chi connectivity index (χ2v) is 7.27. The van der Waals surface area contributed by atoms with Gasteiger partial charge in [-0.2, -0.15) is 5.01 Å². The van der Waals surface area contributed by atoms with Gasteiger partial charge in [0.2, 0.25) is 0 Å². The van der Waals surface area contributed by atoms with E-state index >= 15 is 0 Å². The van der Waals surface area contributed by atoms with Gasteiger partial charge in [-0.1, -0.05) is 42.1 Å².